The van der Waals surface area contributed by atoms with Crippen LogP contribution in [-0.4, -0.2) is 22.7 Å². The summed E-state index contributed by atoms with van der Waals surface area (Å²) in [7, 11) is 1.82. The number of nitrogens with zero attached hydrogens (tertiary/aromatic N) is 4. The van der Waals surface area contributed by atoms with Crippen LogP contribution >= 0.6 is 0 Å². The predicted molar refractivity (Wildman–Crippen MR) is 46.2 cm³/mol. The molecular weight excluding hydrogens is 140 g/mol. The molecule has 0 unspecified atom stereocenters. The fraction of sp³-hybridized carbons (Fsp3) is 0.286. The van der Waals surface area contributed by atoms with E-state index in [2.05, 4.69) is 21.8 Å². The van der Waals surface area contributed by atoms with E-state index in [1.54, 1.807) is 17.1 Å². The van der Waals surface area contributed by atoms with E-state index in [4.69, 9.17) is 0 Å². The van der Waals surface area contributed by atoms with Crippen LogP contribution in [0.2, 0.25) is 0 Å². The molecule has 0 amide bonds. The van der Waals surface area contributed by atoms with E-state index in [1.165, 1.54) is 0 Å². The van der Waals surface area contributed by atoms with Crippen molar-refractivity contribution >= 4 is 24.4 Å². The van der Waals surface area contributed by atoms with Gasteiger partial charge in [-0.25, -0.2) is 9.67 Å². The highest BCUT2D eigenvalue weighted by molar-refractivity contribution is 5.67. The standard InChI is InChI=1S/C7H10N4/c1-4-9-7-6(8-2)5-10-11(7)3/h4-5H,2H2,1,3H3/b9-4-. The predicted octanol–water partition coefficient (Wildman–Crippen LogP) is 1.47. The monoisotopic (exact) mass is 150 g/mol. The summed E-state index contributed by atoms with van der Waals surface area (Å²) in [5.74, 6) is 0.738. The molecule has 0 spiro atoms. The van der Waals surface area contributed by atoms with E-state index in [0.717, 1.165) is 5.82 Å². The molecule has 4 heteroatoms. The molecule has 0 aliphatic carbocycles. The Labute approximate surface area is 65.3 Å². The van der Waals surface area contributed by atoms with Crippen LogP contribution in [0, 0.1) is 0 Å². The van der Waals surface area contributed by atoms with Gasteiger partial charge in [-0.05, 0) is 13.6 Å². The third-order valence-electron chi connectivity index (χ3n) is 1.31. The normalized spacial score (nSPS) is 10.7. The van der Waals surface area contributed by atoms with Crippen LogP contribution in [0.1, 0.15) is 6.92 Å². The molecule has 1 aromatic heterocycles. The van der Waals surface area contributed by atoms with Gasteiger partial charge in [-0.15, -0.1) is 0 Å². The van der Waals surface area contributed by atoms with Gasteiger partial charge in [-0.2, -0.15) is 5.10 Å². The van der Waals surface area contributed by atoms with Gasteiger partial charge in [-0.1, -0.05) is 0 Å². The van der Waals surface area contributed by atoms with Crippen LogP contribution in [0.5, 0.6) is 0 Å². The van der Waals surface area contributed by atoms with Crippen molar-refractivity contribution in [2.24, 2.45) is 17.0 Å². The molecule has 0 fully saturated rings. The van der Waals surface area contributed by atoms with Crippen LogP contribution in [0.4, 0.5) is 11.5 Å². The lowest BCUT2D eigenvalue weighted by Gasteiger charge is -1.93. The molecule has 0 saturated heterocycles. The number of aliphatic imine (C=N–C) groups is 2. The second-order valence-corrected chi connectivity index (χ2v) is 2.02. The zero-order chi connectivity index (χ0) is 8.27. The van der Waals surface area contributed by atoms with Gasteiger partial charge in [0.05, 0.1) is 6.20 Å². The molecule has 58 valence electrons. The van der Waals surface area contributed by atoms with Crippen LogP contribution in [0.25, 0.3) is 0 Å². The molecular formula is C7H10N4. The molecule has 0 aromatic carbocycles. The third kappa shape index (κ3) is 1.34. The highest BCUT2D eigenvalue weighted by Gasteiger charge is 2.02. The minimum atomic E-state index is 0.714. The Morgan fingerprint density at radius 3 is 3.00 bits per heavy atom. The first-order chi connectivity index (χ1) is 5.29. The highest BCUT2D eigenvalue weighted by Crippen LogP contribution is 2.25. The maximum Gasteiger partial charge on any atom is 0.176 e. The van der Waals surface area contributed by atoms with Crippen molar-refractivity contribution in [2.75, 3.05) is 0 Å². The van der Waals surface area contributed by atoms with E-state index < -0.39 is 0 Å². The molecule has 1 rings (SSSR count). The Bertz CT molecular complexity index is 285. The van der Waals surface area contributed by atoms with Crippen molar-refractivity contribution in [3.05, 3.63) is 6.20 Å². The van der Waals surface area contributed by atoms with Crippen molar-refractivity contribution in [2.45, 2.75) is 6.92 Å². The quantitative estimate of drug-likeness (QED) is 0.589. The zero-order valence-electron chi connectivity index (χ0n) is 6.65. The van der Waals surface area contributed by atoms with Crippen molar-refractivity contribution in [1.29, 1.82) is 0 Å². The van der Waals surface area contributed by atoms with Crippen LogP contribution in [0.3, 0.4) is 0 Å². The number of hydrogen-bond donors (Lipinski definition) is 0. The van der Waals surface area contributed by atoms with Crippen molar-refractivity contribution in [1.82, 2.24) is 9.78 Å². The van der Waals surface area contributed by atoms with Crippen molar-refractivity contribution < 1.29 is 0 Å². The topological polar surface area (TPSA) is 42.5 Å². The largest absolute Gasteiger partial charge is 0.259 e. The van der Waals surface area contributed by atoms with Gasteiger partial charge in [-0.3, -0.25) is 4.99 Å². The van der Waals surface area contributed by atoms with Crippen molar-refractivity contribution in [3.63, 3.8) is 0 Å². The smallest absolute Gasteiger partial charge is 0.176 e. The Balaban J connectivity index is 3.17. The molecule has 11 heavy (non-hydrogen) atoms. The van der Waals surface area contributed by atoms with Gasteiger partial charge in [0.25, 0.3) is 0 Å². The Morgan fingerprint density at radius 2 is 2.45 bits per heavy atom. The number of aromatic nitrogens is 2. The summed E-state index contributed by atoms with van der Waals surface area (Å²) >= 11 is 0. The fourth-order valence-electron chi connectivity index (χ4n) is 0.803. The Morgan fingerprint density at radius 1 is 1.73 bits per heavy atom. The first-order valence-corrected chi connectivity index (χ1v) is 3.27. The van der Waals surface area contributed by atoms with Gasteiger partial charge in [0.15, 0.2) is 5.82 Å². The van der Waals surface area contributed by atoms with Crippen LogP contribution in [0.15, 0.2) is 16.2 Å². The van der Waals surface area contributed by atoms with E-state index in [9.17, 15) is 0 Å². The SMILES string of the molecule is C=Nc1cnn(C)c1/N=C\C. The molecule has 0 aliphatic heterocycles. The minimum Gasteiger partial charge on any atom is -0.259 e. The minimum absolute atomic E-state index is 0.714. The average Bonchev–Trinajstić information content (AvgIpc) is 2.34. The maximum atomic E-state index is 4.08. The third-order valence-corrected chi connectivity index (χ3v) is 1.31. The Kier molecular flexibility index (Phi) is 2.15. The number of aryl methyl sites for hydroxylation is 1. The second-order valence-electron chi connectivity index (χ2n) is 2.02. The lowest BCUT2D eigenvalue weighted by molar-refractivity contribution is 0.771. The van der Waals surface area contributed by atoms with E-state index in [0.29, 0.717) is 5.69 Å². The summed E-state index contributed by atoms with van der Waals surface area (Å²) in [5.41, 5.74) is 0.714. The van der Waals surface area contributed by atoms with Crippen LogP contribution < -0.4 is 0 Å². The lowest BCUT2D eigenvalue weighted by atomic mass is 10.5. The second kappa shape index (κ2) is 3.09. The summed E-state index contributed by atoms with van der Waals surface area (Å²) < 4.78 is 1.66. The molecule has 0 N–H and O–H groups in total. The highest BCUT2D eigenvalue weighted by atomic mass is 15.3. The first-order valence-electron chi connectivity index (χ1n) is 3.27. The zero-order valence-corrected chi connectivity index (χ0v) is 6.65. The average molecular weight is 150 g/mol. The van der Waals surface area contributed by atoms with Crippen molar-refractivity contribution in [3.8, 4) is 0 Å². The fourth-order valence-corrected chi connectivity index (χ4v) is 0.803. The summed E-state index contributed by atoms with van der Waals surface area (Å²) in [6.07, 6.45) is 3.33. The molecule has 0 saturated carbocycles. The van der Waals surface area contributed by atoms with Crippen LogP contribution in [-0.2, 0) is 7.05 Å². The van der Waals surface area contributed by atoms with E-state index in [-0.39, 0.29) is 0 Å². The molecule has 1 aromatic rings. The first kappa shape index (κ1) is 7.65. The molecule has 0 aliphatic rings. The summed E-state index contributed by atoms with van der Waals surface area (Å²) in [4.78, 5) is 7.84. The summed E-state index contributed by atoms with van der Waals surface area (Å²) in [5, 5.41) is 3.98. The van der Waals surface area contributed by atoms with Gasteiger partial charge in [0, 0.05) is 13.3 Å². The van der Waals surface area contributed by atoms with E-state index in [1.807, 2.05) is 14.0 Å². The van der Waals surface area contributed by atoms with Gasteiger partial charge in [0.1, 0.15) is 5.69 Å². The number of rotatable bonds is 2. The summed E-state index contributed by atoms with van der Waals surface area (Å²) in [6, 6.07) is 0. The Hall–Kier alpha value is -1.45. The molecule has 0 bridgehead atoms. The van der Waals surface area contributed by atoms with Gasteiger partial charge >= 0.3 is 0 Å². The van der Waals surface area contributed by atoms with Gasteiger partial charge < -0.3 is 0 Å². The maximum absolute atomic E-state index is 4.08. The molecule has 0 atom stereocenters. The molecule has 0 radical (unpaired) electrons. The molecule has 1 heterocycles. The number of hydrogen-bond acceptors (Lipinski definition) is 3. The van der Waals surface area contributed by atoms with Gasteiger partial charge in [0.2, 0.25) is 0 Å². The summed E-state index contributed by atoms with van der Waals surface area (Å²) in [6.45, 7) is 5.26. The van der Waals surface area contributed by atoms with E-state index >= 15 is 0 Å². The molecule has 4 nitrogen and oxygen atoms in total. The lowest BCUT2D eigenvalue weighted by Crippen LogP contribution is -1.87.